The highest BCUT2D eigenvalue weighted by atomic mass is 35.5. The van der Waals surface area contributed by atoms with E-state index in [1.54, 1.807) is 11.3 Å². The van der Waals surface area contributed by atoms with Gasteiger partial charge < -0.3 is 10.1 Å². The van der Waals surface area contributed by atoms with Crippen molar-refractivity contribution in [2.75, 3.05) is 13.2 Å². The lowest BCUT2D eigenvalue weighted by Gasteiger charge is -2.08. The fraction of sp³-hybridized carbons (Fsp3) is 0.278. The van der Waals surface area contributed by atoms with Crippen LogP contribution in [0, 0.1) is 13.8 Å². The van der Waals surface area contributed by atoms with Crippen molar-refractivity contribution in [3.63, 3.8) is 0 Å². The minimum Gasteiger partial charge on any atom is -0.467 e. The van der Waals surface area contributed by atoms with E-state index < -0.39 is 0 Å². The molecule has 2 aromatic heterocycles. The van der Waals surface area contributed by atoms with Gasteiger partial charge >= 0.3 is 0 Å². The number of aryl methyl sites for hydroxylation is 2. The number of thiophene rings is 1. The first-order valence-corrected chi connectivity index (χ1v) is 9.08. The summed E-state index contributed by atoms with van der Waals surface area (Å²) in [5.74, 6) is 0.282. The molecule has 0 spiro atoms. The largest absolute Gasteiger partial charge is 0.467 e. The molecule has 130 valence electrons. The van der Waals surface area contributed by atoms with E-state index in [0.29, 0.717) is 17.4 Å². The summed E-state index contributed by atoms with van der Waals surface area (Å²) in [5.41, 5.74) is 2.21. The Kier molecular flexibility index (Phi) is 5.50. The van der Waals surface area contributed by atoms with Crippen LogP contribution in [0.15, 0.2) is 30.6 Å². The van der Waals surface area contributed by atoms with Crippen LogP contribution < -0.4 is 10.1 Å². The van der Waals surface area contributed by atoms with Gasteiger partial charge in [0.1, 0.15) is 11.2 Å². The van der Waals surface area contributed by atoms with Gasteiger partial charge in [0.05, 0.1) is 5.39 Å². The summed E-state index contributed by atoms with van der Waals surface area (Å²) in [5, 5.41) is 4.44. The lowest BCUT2D eigenvalue weighted by Crippen LogP contribution is -2.30. The minimum atomic E-state index is -0.176. The number of benzene rings is 1. The standard InChI is InChI=1S/C18H18ClN3O2S/c1-11-12(2)25-18-16(11)17(21-10-22-18)24-9-15(23)20-8-7-13-3-5-14(19)6-4-13/h3-6,10H,7-9H2,1-2H3,(H,20,23). The maximum atomic E-state index is 12.0. The summed E-state index contributed by atoms with van der Waals surface area (Å²) < 4.78 is 5.62. The van der Waals surface area contributed by atoms with E-state index in [1.165, 1.54) is 11.2 Å². The van der Waals surface area contributed by atoms with Crippen LogP contribution in [0.1, 0.15) is 16.0 Å². The smallest absolute Gasteiger partial charge is 0.258 e. The Balaban J connectivity index is 1.53. The number of nitrogens with zero attached hydrogens (tertiary/aromatic N) is 2. The van der Waals surface area contributed by atoms with Crippen molar-refractivity contribution in [1.82, 2.24) is 15.3 Å². The van der Waals surface area contributed by atoms with Crippen LogP contribution in [-0.4, -0.2) is 29.0 Å². The number of hydrogen-bond acceptors (Lipinski definition) is 5. The highest BCUT2D eigenvalue weighted by Gasteiger charge is 2.14. The topological polar surface area (TPSA) is 64.1 Å². The molecule has 5 nitrogen and oxygen atoms in total. The molecular formula is C18H18ClN3O2S. The summed E-state index contributed by atoms with van der Waals surface area (Å²) in [6.07, 6.45) is 2.20. The molecule has 0 fully saturated rings. The van der Waals surface area contributed by atoms with Gasteiger partial charge in [-0.15, -0.1) is 11.3 Å². The summed E-state index contributed by atoms with van der Waals surface area (Å²) in [7, 11) is 0. The Morgan fingerprint density at radius 2 is 2.00 bits per heavy atom. The molecule has 0 saturated carbocycles. The second-order valence-electron chi connectivity index (χ2n) is 5.66. The average Bonchev–Trinajstić information content (AvgIpc) is 2.90. The zero-order valence-corrected chi connectivity index (χ0v) is 15.6. The van der Waals surface area contributed by atoms with E-state index in [4.69, 9.17) is 16.3 Å². The third-order valence-electron chi connectivity index (χ3n) is 3.92. The number of carbonyl (C=O) groups is 1. The molecule has 0 aliphatic heterocycles. The van der Waals surface area contributed by atoms with Crippen LogP contribution in [0.3, 0.4) is 0 Å². The van der Waals surface area contributed by atoms with Crippen molar-refractivity contribution < 1.29 is 9.53 Å². The second-order valence-corrected chi connectivity index (χ2v) is 7.30. The first-order chi connectivity index (χ1) is 12.0. The fourth-order valence-electron chi connectivity index (χ4n) is 2.44. The van der Waals surface area contributed by atoms with Crippen LogP contribution in [0.4, 0.5) is 0 Å². The summed E-state index contributed by atoms with van der Waals surface area (Å²) in [6, 6.07) is 7.58. The molecule has 7 heteroatoms. The number of fused-ring (bicyclic) bond motifs is 1. The molecule has 0 atom stereocenters. The molecule has 0 saturated heterocycles. The summed E-state index contributed by atoms with van der Waals surface area (Å²) in [4.78, 5) is 22.5. The molecule has 0 radical (unpaired) electrons. The fourth-order valence-corrected chi connectivity index (χ4v) is 3.56. The Labute approximate surface area is 155 Å². The van der Waals surface area contributed by atoms with E-state index in [-0.39, 0.29) is 12.5 Å². The number of rotatable bonds is 6. The predicted molar refractivity (Wildman–Crippen MR) is 101 cm³/mol. The van der Waals surface area contributed by atoms with E-state index in [2.05, 4.69) is 15.3 Å². The van der Waals surface area contributed by atoms with Gasteiger partial charge in [-0.3, -0.25) is 4.79 Å². The molecule has 0 aliphatic carbocycles. The lowest BCUT2D eigenvalue weighted by atomic mass is 10.1. The van der Waals surface area contributed by atoms with E-state index in [1.807, 2.05) is 38.1 Å². The highest BCUT2D eigenvalue weighted by Crippen LogP contribution is 2.33. The monoisotopic (exact) mass is 375 g/mol. The SMILES string of the molecule is Cc1sc2ncnc(OCC(=O)NCCc3ccc(Cl)cc3)c2c1C. The van der Waals surface area contributed by atoms with Crippen LogP contribution in [0.2, 0.25) is 5.02 Å². The van der Waals surface area contributed by atoms with Gasteiger partial charge in [0.15, 0.2) is 6.61 Å². The molecule has 1 amide bonds. The zero-order chi connectivity index (χ0) is 17.8. The van der Waals surface area contributed by atoms with Gasteiger partial charge in [-0.05, 0) is 43.5 Å². The second kappa shape index (κ2) is 7.80. The first-order valence-electron chi connectivity index (χ1n) is 7.89. The number of aromatic nitrogens is 2. The number of halogens is 1. The van der Waals surface area contributed by atoms with E-state index in [0.717, 1.165) is 27.8 Å². The van der Waals surface area contributed by atoms with Crippen LogP contribution >= 0.6 is 22.9 Å². The summed E-state index contributed by atoms with van der Waals surface area (Å²) >= 11 is 7.45. The van der Waals surface area contributed by atoms with Crippen LogP contribution in [0.5, 0.6) is 5.88 Å². The molecule has 3 rings (SSSR count). The van der Waals surface area contributed by atoms with Gasteiger partial charge in [-0.1, -0.05) is 23.7 Å². The van der Waals surface area contributed by atoms with Crippen molar-refractivity contribution >= 4 is 39.1 Å². The van der Waals surface area contributed by atoms with E-state index >= 15 is 0 Å². The van der Waals surface area contributed by atoms with Crippen molar-refractivity contribution in [2.24, 2.45) is 0 Å². The van der Waals surface area contributed by atoms with Gasteiger partial charge in [0, 0.05) is 16.4 Å². The van der Waals surface area contributed by atoms with Gasteiger partial charge in [-0.2, -0.15) is 0 Å². The van der Waals surface area contributed by atoms with Crippen LogP contribution in [0.25, 0.3) is 10.2 Å². The van der Waals surface area contributed by atoms with Gasteiger partial charge in [0.2, 0.25) is 5.88 Å². The number of nitrogens with one attached hydrogen (secondary N) is 1. The molecule has 1 aromatic carbocycles. The molecular weight excluding hydrogens is 358 g/mol. The van der Waals surface area contributed by atoms with Crippen molar-refractivity contribution in [3.05, 3.63) is 51.6 Å². The Hall–Kier alpha value is -2.18. The molecule has 1 N–H and O–H groups in total. The summed E-state index contributed by atoms with van der Waals surface area (Å²) in [6.45, 7) is 4.52. The molecule has 3 aromatic rings. The van der Waals surface area contributed by atoms with Gasteiger partial charge in [-0.25, -0.2) is 9.97 Å². The van der Waals surface area contributed by atoms with Crippen molar-refractivity contribution in [3.8, 4) is 5.88 Å². The van der Waals surface area contributed by atoms with Crippen LogP contribution in [-0.2, 0) is 11.2 Å². The third-order valence-corrected chi connectivity index (χ3v) is 5.29. The number of ether oxygens (including phenoxy) is 1. The quantitative estimate of drug-likeness (QED) is 0.713. The minimum absolute atomic E-state index is 0.0684. The molecule has 0 unspecified atom stereocenters. The third kappa shape index (κ3) is 4.27. The number of carbonyl (C=O) groups excluding carboxylic acids is 1. The Bertz CT molecular complexity index is 893. The molecule has 25 heavy (non-hydrogen) atoms. The molecule has 2 heterocycles. The number of amides is 1. The average molecular weight is 376 g/mol. The van der Waals surface area contributed by atoms with Crippen molar-refractivity contribution in [2.45, 2.75) is 20.3 Å². The highest BCUT2D eigenvalue weighted by molar-refractivity contribution is 7.18. The van der Waals surface area contributed by atoms with E-state index in [9.17, 15) is 4.79 Å². The van der Waals surface area contributed by atoms with Gasteiger partial charge in [0.25, 0.3) is 5.91 Å². The zero-order valence-electron chi connectivity index (χ0n) is 14.0. The Morgan fingerprint density at radius 3 is 2.76 bits per heavy atom. The molecule has 0 bridgehead atoms. The lowest BCUT2D eigenvalue weighted by molar-refractivity contribution is -0.123. The van der Waals surface area contributed by atoms with Crippen molar-refractivity contribution in [1.29, 1.82) is 0 Å². The first kappa shape index (κ1) is 17.6. The Morgan fingerprint density at radius 1 is 1.24 bits per heavy atom. The maximum absolute atomic E-state index is 12.0. The molecule has 0 aliphatic rings. The number of hydrogen-bond donors (Lipinski definition) is 1. The normalized spacial score (nSPS) is 10.8. The maximum Gasteiger partial charge on any atom is 0.258 e. The predicted octanol–water partition coefficient (Wildman–Crippen LogP) is 3.70.